The number of aromatic nitrogens is 2. The van der Waals surface area contributed by atoms with E-state index in [9.17, 15) is 23.3 Å². The lowest BCUT2D eigenvalue weighted by Crippen LogP contribution is -2.23. The Kier molecular flexibility index (Phi) is 7.04. The number of azide groups is 1. The van der Waals surface area contributed by atoms with Crippen LogP contribution in [-0.4, -0.2) is 33.5 Å². The number of nitrogens with zero attached hydrogens (tertiary/aromatic N) is 6. The van der Waals surface area contributed by atoms with Gasteiger partial charge in [0.25, 0.3) is 0 Å². The predicted octanol–water partition coefficient (Wildman–Crippen LogP) is 4.24. The molecule has 0 unspecified atom stereocenters. The quantitative estimate of drug-likeness (QED) is 0.197. The second-order valence-corrected chi connectivity index (χ2v) is 5.65. The van der Waals surface area contributed by atoms with E-state index in [1.165, 1.54) is 16.7 Å². The van der Waals surface area contributed by atoms with Gasteiger partial charge in [0, 0.05) is 4.91 Å². The number of ether oxygens (including phenoxy) is 2. The van der Waals surface area contributed by atoms with E-state index in [4.69, 9.17) is 21.9 Å². The molecule has 1 aromatic carbocycles. The number of rotatable bonds is 9. The molecule has 28 heavy (non-hydrogen) atoms. The van der Waals surface area contributed by atoms with Crippen molar-refractivity contribution in [1.82, 2.24) is 9.55 Å². The van der Waals surface area contributed by atoms with Gasteiger partial charge in [0.05, 0.1) is 25.8 Å². The van der Waals surface area contributed by atoms with E-state index in [-0.39, 0.29) is 30.7 Å². The zero-order chi connectivity index (χ0) is 20.7. The minimum absolute atomic E-state index is 0.00790. The van der Waals surface area contributed by atoms with Crippen LogP contribution in [0.1, 0.15) is 5.56 Å². The van der Waals surface area contributed by atoms with Crippen LogP contribution in [0.4, 0.5) is 19.0 Å². The number of alkyl halides is 3. The minimum atomic E-state index is -4.79. The Labute approximate surface area is 160 Å². The van der Waals surface area contributed by atoms with Gasteiger partial charge >= 0.3 is 17.5 Å². The summed E-state index contributed by atoms with van der Waals surface area (Å²) in [6.45, 7) is -0.117. The Hall–Kier alpha value is -3.02. The van der Waals surface area contributed by atoms with Crippen molar-refractivity contribution in [1.29, 1.82) is 0 Å². The molecule has 1 atom stereocenters. The Balaban J connectivity index is 2.02. The van der Waals surface area contributed by atoms with E-state index in [0.717, 1.165) is 18.3 Å². The van der Waals surface area contributed by atoms with Crippen LogP contribution in [0.2, 0.25) is 5.28 Å². The lowest BCUT2D eigenvalue weighted by molar-refractivity contribution is -0.389. The maximum Gasteiger partial charge on any atom is 0.573 e. The van der Waals surface area contributed by atoms with Crippen molar-refractivity contribution in [3.8, 4) is 5.75 Å². The van der Waals surface area contributed by atoms with Gasteiger partial charge < -0.3 is 19.6 Å². The third kappa shape index (κ3) is 6.61. The molecule has 0 saturated heterocycles. The van der Waals surface area contributed by atoms with Gasteiger partial charge in [-0.25, -0.2) is 0 Å². The molecule has 0 spiro atoms. The van der Waals surface area contributed by atoms with Gasteiger partial charge in [-0.3, -0.25) is 4.57 Å². The normalized spacial score (nSPS) is 12.3. The number of benzene rings is 1. The van der Waals surface area contributed by atoms with Gasteiger partial charge in [0.15, 0.2) is 0 Å². The predicted molar refractivity (Wildman–Crippen MR) is 89.6 cm³/mol. The first-order chi connectivity index (χ1) is 13.2. The molecule has 0 aliphatic rings. The molecule has 14 heteroatoms. The van der Waals surface area contributed by atoms with Crippen LogP contribution >= 0.6 is 11.6 Å². The van der Waals surface area contributed by atoms with E-state index in [1.54, 1.807) is 0 Å². The molecule has 0 aliphatic carbocycles. The summed E-state index contributed by atoms with van der Waals surface area (Å²) in [5.74, 6) is -0.827. The lowest BCUT2D eigenvalue weighted by atomic mass is 10.2. The molecule has 1 aromatic heterocycles. The third-order valence-corrected chi connectivity index (χ3v) is 3.60. The summed E-state index contributed by atoms with van der Waals surface area (Å²) in [7, 11) is 0. The van der Waals surface area contributed by atoms with Crippen LogP contribution in [0.5, 0.6) is 5.75 Å². The van der Waals surface area contributed by atoms with E-state index in [2.05, 4.69) is 19.7 Å². The molecule has 0 amide bonds. The van der Waals surface area contributed by atoms with Gasteiger partial charge in [-0.15, -0.1) is 13.2 Å². The van der Waals surface area contributed by atoms with Crippen molar-refractivity contribution in [3.05, 3.63) is 61.9 Å². The summed E-state index contributed by atoms with van der Waals surface area (Å²) >= 11 is 5.84. The summed E-state index contributed by atoms with van der Waals surface area (Å²) in [5.41, 5.74) is 9.01. The Morgan fingerprint density at radius 2 is 2.07 bits per heavy atom. The molecule has 0 saturated carbocycles. The number of hydrogen-bond donors (Lipinski definition) is 0. The summed E-state index contributed by atoms with van der Waals surface area (Å²) in [6, 6.07) is 5.01. The van der Waals surface area contributed by atoms with Crippen LogP contribution in [0.3, 0.4) is 0 Å². The maximum absolute atomic E-state index is 12.2. The van der Waals surface area contributed by atoms with Crippen LogP contribution in [0.25, 0.3) is 10.4 Å². The molecule has 0 fully saturated rings. The molecule has 0 aliphatic heterocycles. The van der Waals surface area contributed by atoms with Gasteiger partial charge in [-0.2, -0.15) is 0 Å². The van der Waals surface area contributed by atoms with Crippen LogP contribution in [0.15, 0.2) is 35.6 Å². The van der Waals surface area contributed by atoms with Crippen molar-refractivity contribution in [2.24, 2.45) is 5.11 Å². The summed E-state index contributed by atoms with van der Waals surface area (Å²) < 4.78 is 47.1. The van der Waals surface area contributed by atoms with Crippen LogP contribution in [0, 0.1) is 10.1 Å². The van der Waals surface area contributed by atoms with Crippen molar-refractivity contribution >= 4 is 17.4 Å². The van der Waals surface area contributed by atoms with E-state index < -0.39 is 23.2 Å². The lowest BCUT2D eigenvalue weighted by Gasteiger charge is -2.16. The molecule has 150 valence electrons. The first-order valence-corrected chi connectivity index (χ1v) is 7.90. The number of halogens is 4. The van der Waals surface area contributed by atoms with E-state index in [1.807, 2.05) is 0 Å². The standard InChI is InChI=1S/C14H12ClF3N6O4/c15-13-21-12(24(25)26)7-23(13)6-11(5-20-22-19)27-8-9-1-3-10(4-2-9)28-14(16,17)18/h1-4,7,11H,5-6,8H2/t11-/m1/s1. The largest absolute Gasteiger partial charge is 0.573 e. The van der Waals surface area contributed by atoms with Crippen LogP contribution in [-0.2, 0) is 17.9 Å². The molecule has 0 radical (unpaired) electrons. The zero-order valence-corrected chi connectivity index (χ0v) is 14.7. The topological polar surface area (TPSA) is 128 Å². The third-order valence-electron chi connectivity index (χ3n) is 3.29. The molecule has 1 heterocycles. The molecule has 0 N–H and O–H groups in total. The van der Waals surface area contributed by atoms with E-state index >= 15 is 0 Å². The van der Waals surface area contributed by atoms with E-state index in [0.29, 0.717) is 5.56 Å². The second-order valence-electron chi connectivity index (χ2n) is 5.32. The van der Waals surface area contributed by atoms with Gasteiger partial charge in [-0.1, -0.05) is 17.2 Å². The molecule has 2 aromatic rings. The SMILES string of the molecule is [N-]=[N+]=NC[C@H](Cn1cc([N+](=O)[O-])nc1Cl)OCc1ccc(OC(F)(F)F)cc1. The van der Waals surface area contributed by atoms with Crippen molar-refractivity contribution in [2.45, 2.75) is 25.6 Å². The summed E-state index contributed by atoms with van der Waals surface area (Å²) in [4.78, 5) is 16.2. The van der Waals surface area contributed by atoms with Gasteiger partial charge in [0.1, 0.15) is 11.9 Å². The molecular weight excluding hydrogens is 409 g/mol. The highest BCUT2D eigenvalue weighted by Gasteiger charge is 2.31. The highest BCUT2D eigenvalue weighted by molar-refractivity contribution is 6.28. The number of nitro groups is 1. The first kappa shape index (κ1) is 21.3. The Morgan fingerprint density at radius 3 is 2.61 bits per heavy atom. The van der Waals surface area contributed by atoms with Crippen molar-refractivity contribution in [2.75, 3.05) is 6.54 Å². The first-order valence-electron chi connectivity index (χ1n) is 7.52. The average molecular weight is 421 g/mol. The fraction of sp³-hybridized carbons (Fsp3) is 0.357. The smallest absolute Gasteiger partial charge is 0.406 e. The van der Waals surface area contributed by atoms with Gasteiger partial charge in [0.2, 0.25) is 0 Å². The highest BCUT2D eigenvalue weighted by Crippen LogP contribution is 2.23. The van der Waals surface area contributed by atoms with Crippen molar-refractivity contribution < 1.29 is 27.6 Å². The minimum Gasteiger partial charge on any atom is -0.406 e. The van der Waals surface area contributed by atoms with Crippen molar-refractivity contribution in [3.63, 3.8) is 0 Å². The monoisotopic (exact) mass is 420 g/mol. The van der Waals surface area contributed by atoms with Gasteiger partial charge in [-0.05, 0) is 44.7 Å². The molecule has 10 nitrogen and oxygen atoms in total. The van der Waals surface area contributed by atoms with Crippen LogP contribution < -0.4 is 4.74 Å². The molecule has 0 bridgehead atoms. The second kappa shape index (κ2) is 9.26. The summed E-state index contributed by atoms with van der Waals surface area (Å²) in [5, 5.41) is 14.0. The molecule has 2 rings (SSSR count). The molecular formula is C14H12ClF3N6O4. The Morgan fingerprint density at radius 1 is 1.39 bits per heavy atom. The maximum atomic E-state index is 12.2. The number of hydrogen-bond acceptors (Lipinski definition) is 6. The highest BCUT2D eigenvalue weighted by atomic mass is 35.5. The number of imidazole rings is 1. The average Bonchev–Trinajstić information content (AvgIpc) is 2.98. The zero-order valence-electron chi connectivity index (χ0n) is 13.9. The Bertz CT molecular complexity index is 867. The summed E-state index contributed by atoms with van der Waals surface area (Å²) in [6.07, 6.45) is -4.39. The fourth-order valence-electron chi connectivity index (χ4n) is 2.11. The fourth-order valence-corrected chi connectivity index (χ4v) is 2.31.